The highest BCUT2D eigenvalue weighted by atomic mass is 32.1. The lowest BCUT2D eigenvalue weighted by Gasteiger charge is -2.33. The number of carbonyl (C=O) groups is 1. The van der Waals surface area contributed by atoms with Crippen LogP contribution in [0.1, 0.15) is 36.8 Å². The van der Waals surface area contributed by atoms with Crippen molar-refractivity contribution in [1.82, 2.24) is 4.98 Å². The van der Waals surface area contributed by atoms with Crippen molar-refractivity contribution in [2.45, 2.75) is 32.6 Å². The predicted octanol–water partition coefficient (Wildman–Crippen LogP) is 3.96. The maximum atomic E-state index is 13.3. The third-order valence-corrected chi connectivity index (χ3v) is 5.46. The Morgan fingerprint density at radius 3 is 2.92 bits per heavy atom. The second-order valence-electron chi connectivity index (χ2n) is 6.40. The van der Waals surface area contributed by atoms with Crippen molar-refractivity contribution in [2.24, 2.45) is 5.92 Å². The highest BCUT2D eigenvalue weighted by Gasteiger charge is 2.26. The molecule has 0 saturated carbocycles. The minimum absolute atomic E-state index is 0.00221. The molecule has 26 heavy (non-hydrogen) atoms. The molecule has 136 valence electrons. The van der Waals surface area contributed by atoms with Crippen LogP contribution in [0, 0.1) is 23.1 Å². The van der Waals surface area contributed by atoms with Crippen LogP contribution >= 0.6 is 11.3 Å². The summed E-state index contributed by atoms with van der Waals surface area (Å²) in [5.41, 5.74) is 1.07. The van der Waals surface area contributed by atoms with E-state index in [0.717, 1.165) is 23.5 Å². The zero-order chi connectivity index (χ0) is 18.5. The number of rotatable bonds is 5. The van der Waals surface area contributed by atoms with Crippen LogP contribution in [0.25, 0.3) is 0 Å². The molecule has 1 aliphatic heterocycles. The lowest BCUT2D eigenvalue weighted by atomic mass is 9.95. The van der Waals surface area contributed by atoms with Gasteiger partial charge in [0.25, 0.3) is 0 Å². The van der Waals surface area contributed by atoms with Crippen LogP contribution in [0.2, 0.25) is 0 Å². The van der Waals surface area contributed by atoms with E-state index in [1.165, 1.54) is 12.1 Å². The van der Waals surface area contributed by atoms with Crippen LogP contribution in [-0.2, 0) is 11.2 Å². The molecule has 0 radical (unpaired) electrons. The van der Waals surface area contributed by atoms with Crippen molar-refractivity contribution in [1.29, 1.82) is 5.26 Å². The first-order valence-electron chi connectivity index (χ1n) is 8.80. The number of aryl methyl sites for hydroxylation is 1. The molecule has 7 heteroatoms. The van der Waals surface area contributed by atoms with E-state index in [-0.39, 0.29) is 11.8 Å². The number of thiazole rings is 1. The van der Waals surface area contributed by atoms with Gasteiger partial charge in [-0.1, -0.05) is 6.92 Å². The molecule has 1 aliphatic rings. The molecule has 2 aromatic rings. The van der Waals surface area contributed by atoms with E-state index in [2.05, 4.69) is 17.2 Å². The Bertz CT molecular complexity index is 821. The smallest absolute Gasteiger partial charge is 0.228 e. The lowest BCUT2D eigenvalue weighted by molar-refractivity contribution is -0.120. The SMILES string of the molecule is CCCc1nc(NC(=O)C2CCN(c3ccc(F)cc3C#N)CC2)cs1. The second-order valence-corrected chi connectivity index (χ2v) is 7.34. The monoisotopic (exact) mass is 372 g/mol. The summed E-state index contributed by atoms with van der Waals surface area (Å²) >= 11 is 1.57. The Hall–Kier alpha value is -2.46. The van der Waals surface area contributed by atoms with Crippen LogP contribution in [0.4, 0.5) is 15.9 Å². The Kier molecular flexibility index (Phi) is 5.84. The molecular formula is C19H21FN4OS. The van der Waals surface area contributed by atoms with Crippen LogP contribution in [0.5, 0.6) is 0 Å². The fraction of sp³-hybridized carbons (Fsp3) is 0.421. The minimum atomic E-state index is -0.412. The molecule has 1 aromatic carbocycles. The Morgan fingerprint density at radius 2 is 2.23 bits per heavy atom. The molecule has 1 saturated heterocycles. The first-order chi connectivity index (χ1) is 12.6. The van der Waals surface area contributed by atoms with E-state index >= 15 is 0 Å². The summed E-state index contributed by atoms with van der Waals surface area (Å²) in [6.45, 7) is 3.43. The fourth-order valence-corrected chi connectivity index (χ4v) is 4.01. The number of nitrogens with zero attached hydrogens (tertiary/aromatic N) is 3. The van der Waals surface area contributed by atoms with E-state index in [1.807, 2.05) is 16.3 Å². The molecule has 0 spiro atoms. The number of piperidine rings is 1. The number of nitriles is 1. The number of hydrogen-bond donors (Lipinski definition) is 1. The molecular weight excluding hydrogens is 351 g/mol. The summed E-state index contributed by atoms with van der Waals surface area (Å²) in [6.07, 6.45) is 3.35. The Balaban J connectivity index is 1.58. The van der Waals surface area contributed by atoms with Crippen molar-refractivity contribution >= 4 is 28.7 Å². The van der Waals surface area contributed by atoms with E-state index in [4.69, 9.17) is 0 Å². The largest absolute Gasteiger partial charge is 0.370 e. The van der Waals surface area contributed by atoms with Gasteiger partial charge in [-0.3, -0.25) is 4.79 Å². The molecule has 0 unspecified atom stereocenters. The zero-order valence-electron chi connectivity index (χ0n) is 14.7. The fourth-order valence-electron chi connectivity index (χ4n) is 3.18. The van der Waals surface area contributed by atoms with Crippen molar-refractivity contribution in [2.75, 3.05) is 23.3 Å². The highest BCUT2D eigenvalue weighted by molar-refractivity contribution is 7.10. The van der Waals surface area contributed by atoms with Crippen LogP contribution in [0.15, 0.2) is 23.6 Å². The summed E-state index contributed by atoms with van der Waals surface area (Å²) in [6, 6.07) is 6.30. The van der Waals surface area contributed by atoms with Gasteiger partial charge in [0.1, 0.15) is 17.7 Å². The van der Waals surface area contributed by atoms with Crippen molar-refractivity contribution < 1.29 is 9.18 Å². The standard InChI is InChI=1S/C19H21FN4OS/c1-2-3-18-22-17(12-26-18)23-19(25)13-6-8-24(9-7-13)16-5-4-15(20)10-14(16)11-21/h4-5,10,12-13H,2-3,6-9H2,1H3,(H,23,25). The number of halogens is 1. The number of nitrogens with one attached hydrogen (secondary N) is 1. The van der Waals surface area contributed by atoms with Gasteiger partial charge in [0.15, 0.2) is 0 Å². The topological polar surface area (TPSA) is 69.0 Å². The number of amides is 1. The number of hydrogen-bond acceptors (Lipinski definition) is 5. The molecule has 2 heterocycles. The average molecular weight is 372 g/mol. The highest BCUT2D eigenvalue weighted by Crippen LogP contribution is 2.27. The number of benzene rings is 1. The quantitative estimate of drug-likeness (QED) is 0.862. The van der Waals surface area contributed by atoms with Gasteiger partial charge in [0, 0.05) is 24.4 Å². The Morgan fingerprint density at radius 1 is 1.46 bits per heavy atom. The van der Waals surface area contributed by atoms with Gasteiger partial charge in [0.05, 0.1) is 16.3 Å². The summed E-state index contributed by atoms with van der Waals surface area (Å²) in [7, 11) is 0. The molecule has 1 aromatic heterocycles. The molecule has 3 rings (SSSR count). The molecule has 5 nitrogen and oxygen atoms in total. The molecule has 1 amide bonds. The maximum absolute atomic E-state index is 13.3. The normalized spacial score (nSPS) is 14.9. The van der Waals surface area contributed by atoms with Gasteiger partial charge in [0.2, 0.25) is 5.91 Å². The first kappa shape index (κ1) is 18.3. The number of carbonyl (C=O) groups excluding carboxylic acids is 1. The summed E-state index contributed by atoms with van der Waals surface area (Å²) in [5, 5.41) is 15.0. The lowest BCUT2D eigenvalue weighted by Crippen LogP contribution is -2.38. The minimum Gasteiger partial charge on any atom is -0.370 e. The van der Waals surface area contributed by atoms with Crippen LogP contribution < -0.4 is 10.2 Å². The van der Waals surface area contributed by atoms with Gasteiger partial charge in [-0.25, -0.2) is 9.37 Å². The molecule has 0 atom stereocenters. The van der Waals surface area contributed by atoms with E-state index in [9.17, 15) is 14.4 Å². The van der Waals surface area contributed by atoms with Crippen LogP contribution in [0.3, 0.4) is 0 Å². The van der Waals surface area contributed by atoms with Gasteiger partial charge < -0.3 is 10.2 Å². The van der Waals surface area contributed by atoms with E-state index < -0.39 is 5.82 Å². The van der Waals surface area contributed by atoms with Gasteiger partial charge in [-0.15, -0.1) is 11.3 Å². The number of aromatic nitrogens is 1. The molecule has 1 fully saturated rings. The second kappa shape index (κ2) is 8.28. The third kappa shape index (κ3) is 4.20. The van der Waals surface area contributed by atoms with E-state index in [1.54, 1.807) is 17.4 Å². The van der Waals surface area contributed by atoms with Crippen molar-refractivity contribution in [3.63, 3.8) is 0 Å². The maximum Gasteiger partial charge on any atom is 0.228 e. The van der Waals surface area contributed by atoms with Crippen molar-refractivity contribution in [3.05, 3.63) is 40.0 Å². The summed E-state index contributed by atoms with van der Waals surface area (Å²) in [4.78, 5) is 19.0. The van der Waals surface area contributed by atoms with Crippen LogP contribution in [-0.4, -0.2) is 24.0 Å². The molecule has 0 aliphatic carbocycles. The molecule has 1 N–H and O–H groups in total. The summed E-state index contributed by atoms with van der Waals surface area (Å²) in [5.74, 6) is 0.146. The van der Waals surface area contributed by atoms with E-state index in [0.29, 0.717) is 37.3 Å². The first-order valence-corrected chi connectivity index (χ1v) is 9.68. The van der Waals surface area contributed by atoms with Gasteiger partial charge in [-0.05, 0) is 43.9 Å². The predicted molar refractivity (Wildman–Crippen MR) is 101 cm³/mol. The Labute approximate surface area is 156 Å². The zero-order valence-corrected chi connectivity index (χ0v) is 15.5. The third-order valence-electron chi connectivity index (χ3n) is 4.55. The van der Waals surface area contributed by atoms with Gasteiger partial charge in [-0.2, -0.15) is 5.26 Å². The number of anilines is 2. The van der Waals surface area contributed by atoms with Crippen molar-refractivity contribution in [3.8, 4) is 6.07 Å². The average Bonchev–Trinajstić information content (AvgIpc) is 3.09. The molecule has 0 bridgehead atoms. The summed E-state index contributed by atoms with van der Waals surface area (Å²) < 4.78 is 13.3. The van der Waals surface area contributed by atoms with Gasteiger partial charge >= 0.3 is 0 Å².